The van der Waals surface area contributed by atoms with Gasteiger partial charge in [-0.05, 0) is 29.9 Å². The van der Waals surface area contributed by atoms with E-state index in [1.165, 1.54) is 0 Å². The molecule has 0 bridgehead atoms. The van der Waals surface area contributed by atoms with Crippen LogP contribution in [0.15, 0.2) is 33.7 Å². The summed E-state index contributed by atoms with van der Waals surface area (Å²) >= 11 is 7.80. The van der Waals surface area contributed by atoms with E-state index >= 15 is 0 Å². The van der Waals surface area contributed by atoms with E-state index in [1.54, 1.807) is 0 Å². The number of isothiocyanates is 1. The van der Waals surface area contributed by atoms with Crippen LogP contribution in [0.1, 0.15) is 5.56 Å². The molecule has 56 valence electrons. The molecule has 0 atom stereocenters. The molecule has 0 saturated carbocycles. The number of hydrogen-bond acceptors (Lipinski definition) is 2. The van der Waals surface area contributed by atoms with Crippen molar-refractivity contribution in [2.75, 3.05) is 0 Å². The minimum absolute atomic E-state index is 0.622. The average Bonchev–Trinajstić information content (AvgIpc) is 2.04. The third-order valence-corrected chi connectivity index (χ3v) is 1.90. The van der Waals surface area contributed by atoms with Gasteiger partial charge in [0.2, 0.25) is 0 Å². The summed E-state index contributed by atoms with van der Waals surface area (Å²) < 4.78 is 1.08. The number of halogens is 1. The predicted octanol–water partition coefficient (Wildman–Crippen LogP) is 3.05. The highest BCUT2D eigenvalue weighted by atomic mass is 79.9. The minimum atomic E-state index is 0.622. The Labute approximate surface area is 79.3 Å². The molecule has 0 N–H and O–H groups in total. The van der Waals surface area contributed by atoms with Crippen molar-refractivity contribution in [2.24, 2.45) is 4.99 Å². The van der Waals surface area contributed by atoms with Gasteiger partial charge in [0.15, 0.2) is 0 Å². The maximum Gasteiger partial charge on any atom is 0.0743 e. The zero-order valence-electron chi connectivity index (χ0n) is 5.75. The van der Waals surface area contributed by atoms with E-state index in [4.69, 9.17) is 0 Å². The predicted molar refractivity (Wildman–Crippen MR) is 52.9 cm³/mol. The van der Waals surface area contributed by atoms with Gasteiger partial charge in [0.05, 0.1) is 11.7 Å². The maximum atomic E-state index is 4.45. The Bertz CT molecular complexity index is 275. The highest BCUT2D eigenvalue weighted by Crippen LogP contribution is 2.10. The van der Waals surface area contributed by atoms with Gasteiger partial charge in [-0.3, -0.25) is 0 Å². The van der Waals surface area contributed by atoms with E-state index in [0.29, 0.717) is 6.54 Å². The Balaban J connectivity index is 2.73. The van der Waals surface area contributed by atoms with E-state index in [2.05, 4.69) is 38.3 Å². The Kier molecular flexibility index (Phi) is 3.43. The van der Waals surface area contributed by atoms with Crippen LogP contribution in [-0.4, -0.2) is 5.16 Å². The molecule has 0 heterocycles. The van der Waals surface area contributed by atoms with Crippen LogP contribution >= 0.6 is 28.1 Å². The van der Waals surface area contributed by atoms with E-state index < -0.39 is 0 Å². The van der Waals surface area contributed by atoms with Crippen LogP contribution in [0.25, 0.3) is 0 Å². The van der Waals surface area contributed by atoms with E-state index in [-0.39, 0.29) is 0 Å². The second kappa shape index (κ2) is 4.39. The zero-order valence-corrected chi connectivity index (χ0v) is 8.15. The van der Waals surface area contributed by atoms with Gasteiger partial charge >= 0.3 is 0 Å². The summed E-state index contributed by atoms with van der Waals surface area (Å²) in [7, 11) is 0. The van der Waals surface area contributed by atoms with Crippen molar-refractivity contribution < 1.29 is 0 Å². The SMILES string of the molecule is S=C=NCc1ccc(Br)cc1. The molecule has 11 heavy (non-hydrogen) atoms. The standard InChI is InChI=1S/C8H6BrNS/c9-8-3-1-7(2-4-8)5-10-6-11/h1-4H,5H2. The summed E-state index contributed by atoms with van der Waals surface area (Å²) in [6, 6.07) is 7.96. The van der Waals surface area contributed by atoms with Gasteiger partial charge in [0.1, 0.15) is 0 Å². The molecule has 0 fully saturated rings. The van der Waals surface area contributed by atoms with Gasteiger partial charge in [-0.1, -0.05) is 28.1 Å². The summed E-state index contributed by atoms with van der Waals surface area (Å²) in [6.45, 7) is 0.622. The zero-order chi connectivity index (χ0) is 8.10. The monoisotopic (exact) mass is 227 g/mol. The first kappa shape index (κ1) is 8.60. The summed E-state index contributed by atoms with van der Waals surface area (Å²) in [5, 5.41) is 2.33. The number of hydrogen-bond donors (Lipinski definition) is 0. The fraction of sp³-hybridized carbons (Fsp3) is 0.125. The highest BCUT2D eigenvalue weighted by Gasteiger charge is 1.88. The molecule has 1 aromatic carbocycles. The van der Waals surface area contributed by atoms with Crippen molar-refractivity contribution in [1.29, 1.82) is 0 Å². The van der Waals surface area contributed by atoms with Crippen LogP contribution < -0.4 is 0 Å². The molecule has 1 rings (SSSR count). The second-order valence-electron chi connectivity index (χ2n) is 2.03. The molecule has 0 aromatic heterocycles. The summed E-state index contributed by atoms with van der Waals surface area (Å²) in [5.41, 5.74) is 1.14. The third kappa shape index (κ3) is 2.93. The molecule has 1 aromatic rings. The number of benzene rings is 1. The Morgan fingerprint density at radius 3 is 2.55 bits per heavy atom. The minimum Gasteiger partial charge on any atom is -0.228 e. The third-order valence-electron chi connectivity index (χ3n) is 1.24. The highest BCUT2D eigenvalue weighted by molar-refractivity contribution is 9.10. The van der Waals surface area contributed by atoms with E-state index in [9.17, 15) is 0 Å². The summed E-state index contributed by atoms with van der Waals surface area (Å²) in [4.78, 5) is 3.82. The first-order chi connectivity index (χ1) is 5.33. The molecule has 3 heteroatoms. The Morgan fingerprint density at radius 1 is 1.36 bits per heavy atom. The molecular weight excluding hydrogens is 222 g/mol. The summed E-state index contributed by atoms with van der Waals surface area (Å²) in [5.74, 6) is 0. The lowest BCUT2D eigenvalue weighted by molar-refractivity contribution is 1.08. The topological polar surface area (TPSA) is 12.4 Å². The lowest BCUT2D eigenvalue weighted by atomic mass is 10.2. The van der Waals surface area contributed by atoms with Crippen LogP contribution in [0, 0.1) is 0 Å². The molecule has 0 spiro atoms. The Morgan fingerprint density at radius 2 is 2.00 bits per heavy atom. The normalized spacial score (nSPS) is 8.82. The van der Waals surface area contributed by atoms with Gasteiger partial charge < -0.3 is 0 Å². The van der Waals surface area contributed by atoms with Gasteiger partial charge in [0, 0.05) is 4.47 Å². The van der Waals surface area contributed by atoms with Gasteiger partial charge in [-0.2, -0.15) is 0 Å². The lowest BCUT2D eigenvalue weighted by Gasteiger charge is -1.93. The van der Waals surface area contributed by atoms with Crippen LogP contribution in [0.4, 0.5) is 0 Å². The van der Waals surface area contributed by atoms with Crippen molar-refractivity contribution in [3.8, 4) is 0 Å². The fourth-order valence-corrected chi connectivity index (χ4v) is 1.04. The first-order valence-corrected chi connectivity index (χ1v) is 4.31. The molecule has 0 radical (unpaired) electrons. The van der Waals surface area contributed by atoms with E-state index in [0.717, 1.165) is 10.0 Å². The van der Waals surface area contributed by atoms with Crippen molar-refractivity contribution in [1.82, 2.24) is 0 Å². The van der Waals surface area contributed by atoms with Crippen molar-refractivity contribution in [3.63, 3.8) is 0 Å². The van der Waals surface area contributed by atoms with Crippen LogP contribution in [0.3, 0.4) is 0 Å². The van der Waals surface area contributed by atoms with Gasteiger partial charge in [-0.25, -0.2) is 4.99 Å². The van der Waals surface area contributed by atoms with Crippen LogP contribution in [0.2, 0.25) is 0 Å². The quantitative estimate of drug-likeness (QED) is 0.559. The molecule has 1 nitrogen and oxygen atoms in total. The molecule has 0 aliphatic heterocycles. The largest absolute Gasteiger partial charge is 0.228 e. The van der Waals surface area contributed by atoms with Gasteiger partial charge in [-0.15, -0.1) is 0 Å². The first-order valence-electron chi connectivity index (χ1n) is 3.11. The summed E-state index contributed by atoms with van der Waals surface area (Å²) in [6.07, 6.45) is 0. The molecule has 0 aliphatic carbocycles. The molecule has 0 amide bonds. The van der Waals surface area contributed by atoms with Crippen molar-refractivity contribution in [2.45, 2.75) is 6.54 Å². The van der Waals surface area contributed by atoms with E-state index in [1.807, 2.05) is 24.3 Å². The number of thiocarbonyl (C=S) groups is 1. The van der Waals surface area contributed by atoms with Crippen molar-refractivity contribution >= 4 is 33.3 Å². The number of aliphatic imine (C=N–C) groups is 1. The number of nitrogens with zero attached hydrogens (tertiary/aromatic N) is 1. The van der Waals surface area contributed by atoms with Crippen LogP contribution in [0.5, 0.6) is 0 Å². The number of rotatable bonds is 2. The molecule has 0 aliphatic rings. The van der Waals surface area contributed by atoms with Gasteiger partial charge in [0.25, 0.3) is 0 Å². The average molecular weight is 228 g/mol. The lowest BCUT2D eigenvalue weighted by Crippen LogP contribution is -1.78. The Hall–Kier alpha value is -0.500. The maximum absolute atomic E-state index is 4.45. The molecule has 0 saturated heterocycles. The van der Waals surface area contributed by atoms with Crippen LogP contribution in [-0.2, 0) is 6.54 Å². The molecule has 0 unspecified atom stereocenters. The van der Waals surface area contributed by atoms with Crippen molar-refractivity contribution in [3.05, 3.63) is 34.3 Å². The molecular formula is C8H6BrNS. The second-order valence-corrected chi connectivity index (χ2v) is 3.13. The fourth-order valence-electron chi connectivity index (χ4n) is 0.713. The smallest absolute Gasteiger partial charge is 0.0743 e.